The van der Waals surface area contributed by atoms with Gasteiger partial charge in [-0.1, -0.05) is 0 Å². The predicted molar refractivity (Wildman–Crippen MR) is 42.0 cm³/mol. The van der Waals surface area contributed by atoms with Crippen LogP contribution in [0.25, 0.3) is 0 Å². The fraction of sp³-hybridized carbons (Fsp3) is 0.500. The SMILES string of the molecule is CC1=COC(C(=O)O)C1(C)C(=O)O. The lowest BCUT2D eigenvalue weighted by Gasteiger charge is -2.23. The van der Waals surface area contributed by atoms with E-state index in [2.05, 4.69) is 0 Å². The van der Waals surface area contributed by atoms with Gasteiger partial charge in [-0.25, -0.2) is 4.79 Å². The monoisotopic (exact) mass is 186 g/mol. The molecule has 0 radical (unpaired) electrons. The zero-order valence-corrected chi connectivity index (χ0v) is 7.27. The van der Waals surface area contributed by atoms with E-state index >= 15 is 0 Å². The van der Waals surface area contributed by atoms with Crippen LogP contribution in [0.2, 0.25) is 0 Å². The lowest BCUT2D eigenvalue weighted by molar-refractivity contribution is -0.162. The molecule has 0 aromatic heterocycles. The summed E-state index contributed by atoms with van der Waals surface area (Å²) in [6, 6.07) is 0. The van der Waals surface area contributed by atoms with E-state index < -0.39 is 23.5 Å². The molecule has 0 spiro atoms. The average molecular weight is 186 g/mol. The molecule has 5 heteroatoms. The number of hydrogen-bond donors (Lipinski definition) is 2. The first-order valence-electron chi connectivity index (χ1n) is 3.69. The molecule has 0 aliphatic carbocycles. The molecule has 5 nitrogen and oxygen atoms in total. The van der Waals surface area contributed by atoms with E-state index in [1.54, 1.807) is 0 Å². The summed E-state index contributed by atoms with van der Waals surface area (Å²) in [5.41, 5.74) is -1.04. The molecule has 1 rings (SSSR count). The maximum absolute atomic E-state index is 10.9. The molecule has 0 saturated heterocycles. The van der Waals surface area contributed by atoms with Gasteiger partial charge in [0.15, 0.2) is 0 Å². The quantitative estimate of drug-likeness (QED) is 0.654. The summed E-state index contributed by atoms with van der Waals surface area (Å²) in [5.74, 6) is -2.45. The summed E-state index contributed by atoms with van der Waals surface area (Å²) in [5, 5.41) is 17.6. The predicted octanol–water partition coefficient (Wildman–Crippen LogP) is 0.465. The summed E-state index contributed by atoms with van der Waals surface area (Å²) >= 11 is 0. The molecule has 0 saturated carbocycles. The maximum atomic E-state index is 10.9. The fourth-order valence-electron chi connectivity index (χ4n) is 1.22. The second-order valence-electron chi connectivity index (χ2n) is 3.16. The van der Waals surface area contributed by atoms with Gasteiger partial charge < -0.3 is 14.9 Å². The molecular formula is C8H10O5. The van der Waals surface area contributed by atoms with Crippen molar-refractivity contribution >= 4 is 11.9 Å². The Morgan fingerprint density at radius 3 is 2.38 bits per heavy atom. The third-order valence-electron chi connectivity index (χ3n) is 2.39. The van der Waals surface area contributed by atoms with Crippen molar-refractivity contribution in [1.82, 2.24) is 0 Å². The van der Waals surface area contributed by atoms with Crippen LogP contribution in [0.5, 0.6) is 0 Å². The zero-order chi connectivity index (χ0) is 10.2. The van der Waals surface area contributed by atoms with E-state index in [0.717, 1.165) is 0 Å². The molecule has 1 aliphatic heterocycles. The second kappa shape index (κ2) is 2.76. The van der Waals surface area contributed by atoms with E-state index in [0.29, 0.717) is 5.57 Å². The first-order chi connectivity index (χ1) is 5.90. The van der Waals surface area contributed by atoms with Crippen LogP contribution >= 0.6 is 0 Å². The van der Waals surface area contributed by atoms with Crippen molar-refractivity contribution in [3.8, 4) is 0 Å². The van der Waals surface area contributed by atoms with E-state index in [1.165, 1.54) is 20.1 Å². The molecule has 1 aliphatic rings. The van der Waals surface area contributed by atoms with Crippen LogP contribution in [0, 0.1) is 5.41 Å². The van der Waals surface area contributed by atoms with Gasteiger partial charge in [-0.3, -0.25) is 4.79 Å². The molecule has 2 N–H and O–H groups in total. The third-order valence-corrected chi connectivity index (χ3v) is 2.39. The Bertz CT molecular complexity index is 293. The van der Waals surface area contributed by atoms with Crippen LogP contribution in [-0.4, -0.2) is 28.3 Å². The molecule has 0 aromatic rings. The highest BCUT2D eigenvalue weighted by Crippen LogP contribution is 2.38. The van der Waals surface area contributed by atoms with E-state index in [-0.39, 0.29) is 0 Å². The topological polar surface area (TPSA) is 83.8 Å². The Morgan fingerprint density at radius 2 is 2.08 bits per heavy atom. The van der Waals surface area contributed by atoms with E-state index in [9.17, 15) is 9.59 Å². The summed E-state index contributed by atoms with van der Waals surface area (Å²) in [6.07, 6.45) is -0.141. The lowest BCUT2D eigenvalue weighted by Crippen LogP contribution is -2.43. The van der Waals surface area contributed by atoms with Crippen molar-refractivity contribution in [3.05, 3.63) is 11.8 Å². The Balaban J connectivity index is 3.08. The van der Waals surface area contributed by atoms with Crippen LogP contribution in [0.3, 0.4) is 0 Å². The molecule has 72 valence electrons. The Hall–Kier alpha value is -1.52. The van der Waals surface area contributed by atoms with Gasteiger partial charge in [0.2, 0.25) is 6.10 Å². The molecule has 0 fully saturated rings. The fourth-order valence-corrected chi connectivity index (χ4v) is 1.22. The van der Waals surface area contributed by atoms with Crippen molar-refractivity contribution in [2.24, 2.45) is 5.41 Å². The summed E-state index contributed by atoms with van der Waals surface area (Å²) in [4.78, 5) is 21.5. The third kappa shape index (κ3) is 1.16. The number of carbonyl (C=O) groups is 2. The number of hydrogen-bond acceptors (Lipinski definition) is 3. The number of aliphatic carboxylic acids is 2. The summed E-state index contributed by atoms with van der Waals surface area (Å²) in [6.45, 7) is 2.88. The molecule has 0 bridgehead atoms. The van der Waals surface area contributed by atoms with Gasteiger partial charge >= 0.3 is 11.9 Å². The zero-order valence-electron chi connectivity index (χ0n) is 7.27. The van der Waals surface area contributed by atoms with Gasteiger partial charge in [0, 0.05) is 0 Å². The van der Waals surface area contributed by atoms with Crippen LogP contribution in [-0.2, 0) is 14.3 Å². The summed E-state index contributed by atoms with van der Waals surface area (Å²) < 4.78 is 4.76. The van der Waals surface area contributed by atoms with Crippen LogP contribution in [0.4, 0.5) is 0 Å². The van der Waals surface area contributed by atoms with Crippen molar-refractivity contribution in [1.29, 1.82) is 0 Å². The van der Waals surface area contributed by atoms with Crippen LogP contribution < -0.4 is 0 Å². The van der Waals surface area contributed by atoms with Crippen molar-refractivity contribution in [2.75, 3.05) is 0 Å². The minimum atomic E-state index is -1.45. The van der Waals surface area contributed by atoms with Gasteiger partial charge in [-0.15, -0.1) is 0 Å². The standard InChI is InChI=1S/C8H10O5/c1-4-3-13-5(6(9)10)8(4,2)7(11)12/h3,5H,1-2H3,(H,9,10)(H,11,12). The molecule has 2 atom stereocenters. The minimum Gasteiger partial charge on any atom is -0.485 e. The molecule has 13 heavy (non-hydrogen) atoms. The normalized spacial score (nSPS) is 32.2. The number of ether oxygens (including phenoxy) is 1. The smallest absolute Gasteiger partial charge is 0.346 e. The Kier molecular flexibility index (Phi) is 2.03. The lowest BCUT2D eigenvalue weighted by atomic mass is 9.79. The van der Waals surface area contributed by atoms with E-state index in [1.807, 2.05) is 0 Å². The molecule has 0 amide bonds. The first-order valence-corrected chi connectivity index (χ1v) is 3.69. The highest BCUT2D eigenvalue weighted by molar-refractivity contribution is 5.88. The highest BCUT2D eigenvalue weighted by atomic mass is 16.5. The van der Waals surface area contributed by atoms with Crippen molar-refractivity contribution in [2.45, 2.75) is 20.0 Å². The number of carboxylic acids is 2. The van der Waals surface area contributed by atoms with Gasteiger partial charge in [-0.05, 0) is 19.4 Å². The first kappa shape index (κ1) is 9.57. The van der Waals surface area contributed by atoms with Crippen molar-refractivity contribution in [3.63, 3.8) is 0 Å². The molecule has 0 aromatic carbocycles. The van der Waals surface area contributed by atoms with Crippen LogP contribution in [0.15, 0.2) is 11.8 Å². The highest BCUT2D eigenvalue weighted by Gasteiger charge is 2.52. The van der Waals surface area contributed by atoms with Crippen molar-refractivity contribution < 1.29 is 24.5 Å². The minimum absolute atomic E-state index is 0.410. The molecule has 1 heterocycles. The largest absolute Gasteiger partial charge is 0.485 e. The van der Waals surface area contributed by atoms with Gasteiger partial charge in [-0.2, -0.15) is 0 Å². The number of carboxylic acid groups (broad SMARTS) is 2. The van der Waals surface area contributed by atoms with Gasteiger partial charge in [0.25, 0.3) is 0 Å². The number of rotatable bonds is 2. The Morgan fingerprint density at radius 1 is 1.54 bits per heavy atom. The second-order valence-corrected chi connectivity index (χ2v) is 3.16. The Labute approximate surface area is 74.6 Å². The van der Waals surface area contributed by atoms with Gasteiger partial charge in [0.05, 0.1) is 6.26 Å². The van der Waals surface area contributed by atoms with Crippen LogP contribution in [0.1, 0.15) is 13.8 Å². The molecule has 2 unspecified atom stereocenters. The van der Waals surface area contributed by atoms with Gasteiger partial charge in [0.1, 0.15) is 5.41 Å². The molecular weight excluding hydrogens is 176 g/mol. The maximum Gasteiger partial charge on any atom is 0.346 e. The van der Waals surface area contributed by atoms with E-state index in [4.69, 9.17) is 14.9 Å². The summed E-state index contributed by atoms with van der Waals surface area (Å²) in [7, 11) is 0. The average Bonchev–Trinajstić information content (AvgIpc) is 2.30.